The molecule has 0 aliphatic heterocycles. The van der Waals surface area contributed by atoms with Crippen LogP contribution in [0.5, 0.6) is 5.75 Å². The van der Waals surface area contributed by atoms with E-state index in [1.54, 1.807) is 0 Å². The van der Waals surface area contributed by atoms with Crippen molar-refractivity contribution in [1.82, 2.24) is 0 Å². The quantitative estimate of drug-likeness (QED) is 0.615. The second-order valence-corrected chi connectivity index (χ2v) is 6.05. The summed E-state index contributed by atoms with van der Waals surface area (Å²) in [6.45, 7) is 6.77. The summed E-state index contributed by atoms with van der Waals surface area (Å²) < 4.78 is 0. The van der Waals surface area contributed by atoms with Gasteiger partial charge in [-0.2, -0.15) is 0 Å². The van der Waals surface area contributed by atoms with Gasteiger partial charge in [0.1, 0.15) is 5.75 Å². The van der Waals surface area contributed by atoms with Crippen LogP contribution in [0.25, 0.3) is 21.5 Å². The molecule has 1 heteroatoms. The Labute approximate surface area is 119 Å². The molecule has 0 saturated heterocycles. The molecule has 102 valence electrons. The van der Waals surface area contributed by atoms with Crippen molar-refractivity contribution >= 4 is 21.5 Å². The highest BCUT2D eigenvalue weighted by Crippen LogP contribution is 2.43. The molecular weight excluding hydrogens is 244 g/mol. The average molecular weight is 264 g/mol. The maximum atomic E-state index is 10.6. The molecule has 0 saturated carbocycles. The average Bonchev–Trinajstić information content (AvgIpc) is 2.47. The van der Waals surface area contributed by atoms with Crippen molar-refractivity contribution in [2.24, 2.45) is 0 Å². The Morgan fingerprint density at radius 3 is 1.60 bits per heavy atom. The first kappa shape index (κ1) is 13.0. The van der Waals surface area contributed by atoms with Gasteiger partial charge < -0.3 is 5.11 Å². The number of hydrogen-bond acceptors (Lipinski definition) is 1. The number of fused-ring (bicyclic) bond motifs is 2. The molecule has 0 heterocycles. The summed E-state index contributed by atoms with van der Waals surface area (Å²) in [5, 5.41) is 14.8. The maximum absolute atomic E-state index is 10.6. The molecule has 0 fully saturated rings. The second kappa shape index (κ2) is 4.52. The predicted octanol–water partition coefficient (Wildman–Crippen LogP) is 5.39. The number of phenols is 1. The fourth-order valence-electron chi connectivity index (χ4n) is 3.01. The molecule has 0 atom stereocenters. The zero-order valence-corrected chi connectivity index (χ0v) is 12.3. The van der Waals surface area contributed by atoms with Crippen LogP contribution in [0.4, 0.5) is 0 Å². The van der Waals surface area contributed by atoms with Gasteiger partial charge in [-0.1, -0.05) is 69.3 Å². The van der Waals surface area contributed by atoms with Gasteiger partial charge in [-0.15, -0.1) is 0 Å². The van der Waals surface area contributed by atoms with E-state index in [1.165, 1.54) is 5.56 Å². The van der Waals surface area contributed by atoms with Crippen LogP contribution in [0.3, 0.4) is 0 Å². The van der Waals surface area contributed by atoms with Crippen LogP contribution in [0.15, 0.2) is 48.5 Å². The summed E-state index contributed by atoms with van der Waals surface area (Å²) in [6, 6.07) is 16.3. The lowest BCUT2D eigenvalue weighted by Crippen LogP contribution is -2.16. The van der Waals surface area contributed by atoms with Gasteiger partial charge in [0, 0.05) is 10.8 Å². The fourth-order valence-corrected chi connectivity index (χ4v) is 3.01. The summed E-state index contributed by atoms with van der Waals surface area (Å²) in [5.41, 5.74) is 1.41. The van der Waals surface area contributed by atoms with E-state index in [-0.39, 0.29) is 5.41 Å². The van der Waals surface area contributed by atoms with Crippen LogP contribution in [-0.2, 0) is 5.41 Å². The highest BCUT2D eigenvalue weighted by molar-refractivity contribution is 6.08. The standard InChI is InChI=1S/C19H20O/c1-4-19(2,3)17-13-9-5-7-11-15(13)18(20)16-12-8-6-10-14(16)17/h5-12,20H,4H2,1-3H3. The van der Waals surface area contributed by atoms with Gasteiger partial charge >= 0.3 is 0 Å². The second-order valence-electron chi connectivity index (χ2n) is 6.05. The van der Waals surface area contributed by atoms with E-state index >= 15 is 0 Å². The van der Waals surface area contributed by atoms with Gasteiger partial charge in [0.15, 0.2) is 0 Å². The molecule has 1 nitrogen and oxygen atoms in total. The first-order chi connectivity index (χ1) is 9.56. The number of hydrogen-bond donors (Lipinski definition) is 1. The SMILES string of the molecule is CCC(C)(C)c1c2ccccc2c(O)c2ccccc12. The normalized spacial score (nSPS) is 12.2. The van der Waals surface area contributed by atoms with E-state index in [2.05, 4.69) is 32.9 Å². The Balaban J connectivity index is 2.60. The molecule has 0 aliphatic carbocycles. The van der Waals surface area contributed by atoms with Crippen LogP contribution >= 0.6 is 0 Å². The van der Waals surface area contributed by atoms with Crippen LogP contribution in [0.1, 0.15) is 32.8 Å². The Kier molecular flexibility index (Phi) is 2.93. The predicted molar refractivity (Wildman–Crippen MR) is 86.4 cm³/mol. The van der Waals surface area contributed by atoms with E-state index in [9.17, 15) is 5.11 Å². The van der Waals surface area contributed by atoms with Gasteiger partial charge in [0.2, 0.25) is 0 Å². The maximum Gasteiger partial charge on any atom is 0.131 e. The third-order valence-corrected chi connectivity index (χ3v) is 4.46. The van der Waals surface area contributed by atoms with Gasteiger partial charge in [0.25, 0.3) is 0 Å². The van der Waals surface area contributed by atoms with Crippen LogP contribution in [0, 0.1) is 0 Å². The van der Waals surface area contributed by atoms with Crippen molar-refractivity contribution in [3.63, 3.8) is 0 Å². The Hall–Kier alpha value is -2.02. The minimum Gasteiger partial charge on any atom is -0.507 e. The van der Waals surface area contributed by atoms with Gasteiger partial charge in [-0.05, 0) is 28.2 Å². The van der Waals surface area contributed by atoms with Crippen molar-refractivity contribution in [2.45, 2.75) is 32.6 Å². The van der Waals surface area contributed by atoms with Crippen molar-refractivity contribution in [3.05, 3.63) is 54.1 Å². The minimum atomic E-state index is 0.0763. The highest BCUT2D eigenvalue weighted by Gasteiger charge is 2.24. The zero-order valence-electron chi connectivity index (χ0n) is 12.3. The Morgan fingerprint density at radius 1 is 0.800 bits per heavy atom. The third-order valence-electron chi connectivity index (χ3n) is 4.46. The van der Waals surface area contributed by atoms with E-state index in [1.807, 2.05) is 36.4 Å². The highest BCUT2D eigenvalue weighted by atomic mass is 16.3. The molecule has 3 rings (SSSR count). The summed E-state index contributed by atoms with van der Waals surface area (Å²) in [4.78, 5) is 0. The van der Waals surface area contributed by atoms with E-state index in [0.29, 0.717) is 5.75 Å². The topological polar surface area (TPSA) is 20.2 Å². The van der Waals surface area contributed by atoms with E-state index in [4.69, 9.17) is 0 Å². The van der Waals surface area contributed by atoms with E-state index in [0.717, 1.165) is 28.0 Å². The molecular formula is C19H20O. The van der Waals surface area contributed by atoms with E-state index < -0.39 is 0 Å². The molecule has 0 aliphatic rings. The third kappa shape index (κ3) is 1.77. The lowest BCUT2D eigenvalue weighted by molar-refractivity contribution is 0.486. The van der Waals surface area contributed by atoms with Gasteiger partial charge in [-0.25, -0.2) is 0 Å². The zero-order chi connectivity index (χ0) is 14.3. The summed E-state index contributed by atoms with van der Waals surface area (Å²) in [5.74, 6) is 0.395. The lowest BCUT2D eigenvalue weighted by atomic mass is 9.77. The summed E-state index contributed by atoms with van der Waals surface area (Å²) in [7, 11) is 0. The molecule has 0 unspecified atom stereocenters. The van der Waals surface area contributed by atoms with Crippen LogP contribution in [0.2, 0.25) is 0 Å². The first-order valence-electron chi connectivity index (χ1n) is 7.19. The largest absolute Gasteiger partial charge is 0.507 e. The molecule has 0 spiro atoms. The first-order valence-corrected chi connectivity index (χ1v) is 7.19. The summed E-state index contributed by atoms with van der Waals surface area (Å²) in [6.07, 6.45) is 1.06. The number of phenolic OH excluding ortho intramolecular Hbond substituents is 1. The molecule has 3 aromatic rings. The smallest absolute Gasteiger partial charge is 0.131 e. The lowest BCUT2D eigenvalue weighted by Gasteiger charge is -2.27. The van der Waals surface area contributed by atoms with Crippen LogP contribution < -0.4 is 0 Å². The van der Waals surface area contributed by atoms with Gasteiger partial charge in [0.05, 0.1) is 0 Å². The molecule has 1 N–H and O–H groups in total. The van der Waals surface area contributed by atoms with Crippen LogP contribution in [-0.4, -0.2) is 5.11 Å². The number of aromatic hydroxyl groups is 1. The number of rotatable bonds is 2. The molecule has 3 aromatic carbocycles. The summed E-state index contributed by atoms with van der Waals surface area (Å²) >= 11 is 0. The Bertz CT molecular complexity index is 727. The molecule has 0 bridgehead atoms. The molecule has 0 radical (unpaired) electrons. The van der Waals surface area contributed by atoms with Crippen molar-refractivity contribution in [2.75, 3.05) is 0 Å². The minimum absolute atomic E-state index is 0.0763. The van der Waals surface area contributed by atoms with Crippen molar-refractivity contribution in [1.29, 1.82) is 0 Å². The monoisotopic (exact) mass is 264 g/mol. The Morgan fingerprint density at radius 2 is 1.20 bits per heavy atom. The fraction of sp³-hybridized carbons (Fsp3) is 0.263. The van der Waals surface area contributed by atoms with Gasteiger partial charge in [-0.3, -0.25) is 0 Å². The van der Waals surface area contributed by atoms with Crippen molar-refractivity contribution in [3.8, 4) is 5.75 Å². The molecule has 20 heavy (non-hydrogen) atoms. The molecule has 0 amide bonds. The number of benzene rings is 3. The molecule has 0 aromatic heterocycles. The van der Waals surface area contributed by atoms with Crippen molar-refractivity contribution < 1.29 is 5.11 Å².